The van der Waals surface area contributed by atoms with Gasteiger partial charge in [0.1, 0.15) is 13.2 Å². The molecule has 0 aromatic carbocycles. The molecule has 0 saturated heterocycles. The average molecular weight is 572 g/mol. The molecule has 38 heavy (non-hydrogen) atoms. The van der Waals surface area contributed by atoms with Crippen LogP contribution in [0.25, 0.3) is 0 Å². The molecule has 2 heterocycles. The first-order valence-electron chi connectivity index (χ1n) is 12.2. The maximum Gasteiger partial charge on any atom is 0.305 e. The molecule has 0 radical (unpaired) electrons. The molecular weight excluding hydrogens is 535 g/mol. The van der Waals surface area contributed by atoms with Crippen LogP contribution < -0.4 is 10.6 Å². The Hall–Kier alpha value is -3.24. The molecule has 2 amide bonds. The molecule has 0 saturated carbocycles. The van der Waals surface area contributed by atoms with E-state index in [2.05, 4.69) is 20.6 Å². The number of nitrogens with zero attached hydrogens (tertiary/aromatic N) is 2. The average Bonchev–Trinajstić information content (AvgIpc) is 2.91. The molecule has 10 nitrogen and oxygen atoms in total. The van der Waals surface area contributed by atoms with Gasteiger partial charge in [0.05, 0.1) is 24.2 Å². The second kappa shape index (κ2) is 21.8. The van der Waals surface area contributed by atoms with Crippen molar-refractivity contribution in [1.82, 2.24) is 20.6 Å². The third-order valence-electron chi connectivity index (χ3n) is 5.16. The van der Waals surface area contributed by atoms with Crippen LogP contribution in [0, 0.1) is 0 Å². The lowest BCUT2D eigenvalue weighted by Gasteiger charge is -2.07. The largest absolute Gasteiger partial charge is 0.464 e. The van der Waals surface area contributed by atoms with Crippen LogP contribution in [0.3, 0.4) is 0 Å². The minimum atomic E-state index is -0.273. The zero-order chi connectivity index (χ0) is 25.8. The molecule has 2 aromatic heterocycles. The molecule has 0 unspecified atom stereocenters. The fraction of sp³-hybridized carbons (Fsp3) is 0.462. The Labute approximate surface area is 235 Å². The quantitative estimate of drug-likeness (QED) is 0.217. The van der Waals surface area contributed by atoms with Crippen LogP contribution in [0.5, 0.6) is 0 Å². The maximum atomic E-state index is 11.8. The van der Waals surface area contributed by atoms with Crippen LogP contribution in [0.15, 0.2) is 49.1 Å². The highest BCUT2D eigenvalue weighted by Crippen LogP contribution is 2.09. The van der Waals surface area contributed by atoms with Gasteiger partial charge in [-0.3, -0.25) is 29.1 Å². The molecule has 2 N–H and O–H groups in total. The number of unbranched alkanes of at least 4 members (excludes halogenated alkanes) is 5. The Bertz CT molecular complexity index is 874. The Morgan fingerprint density at radius 3 is 1.39 bits per heavy atom. The number of hydrogen-bond acceptors (Lipinski definition) is 8. The number of ether oxygens (including phenoxy) is 2. The van der Waals surface area contributed by atoms with E-state index >= 15 is 0 Å². The summed E-state index contributed by atoms with van der Waals surface area (Å²) in [5.41, 5.74) is 0.923. The van der Waals surface area contributed by atoms with Gasteiger partial charge in [-0.25, -0.2) is 0 Å². The molecule has 0 aliphatic carbocycles. The van der Waals surface area contributed by atoms with Crippen molar-refractivity contribution in [2.24, 2.45) is 0 Å². The SMILES string of the molecule is Cl.Cl.O=C(CCCCCCCCC(=O)OCCNC(=O)c1cccnc1)OCCNC(=O)c1cccnc1. The summed E-state index contributed by atoms with van der Waals surface area (Å²) < 4.78 is 10.3. The summed E-state index contributed by atoms with van der Waals surface area (Å²) in [4.78, 5) is 55.0. The summed E-state index contributed by atoms with van der Waals surface area (Å²) in [7, 11) is 0. The Morgan fingerprint density at radius 2 is 1.03 bits per heavy atom. The van der Waals surface area contributed by atoms with Crippen molar-refractivity contribution in [3.05, 3.63) is 60.2 Å². The number of amides is 2. The maximum absolute atomic E-state index is 11.8. The summed E-state index contributed by atoms with van der Waals surface area (Å²) in [6, 6.07) is 6.69. The molecule has 2 aromatic rings. The van der Waals surface area contributed by atoms with Crippen LogP contribution in [-0.2, 0) is 19.1 Å². The van der Waals surface area contributed by atoms with Gasteiger partial charge >= 0.3 is 11.9 Å². The lowest BCUT2D eigenvalue weighted by Crippen LogP contribution is -2.28. The van der Waals surface area contributed by atoms with E-state index in [9.17, 15) is 19.2 Å². The smallest absolute Gasteiger partial charge is 0.305 e. The van der Waals surface area contributed by atoms with Crippen molar-refractivity contribution in [2.45, 2.75) is 51.4 Å². The summed E-state index contributed by atoms with van der Waals surface area (Å²) in [6.07, 6.45) is 12.1. The standard InChI is InChI=1S/C26H34N4O6.2ClH/c31-23(35-17-15-29-25(33)21-9-7-13-27-19-21)11-5-3-1-2-4-6-12-24(32)36-18-16-30-26(34)22-10-8-14-28-20-22;;/h7-10,13-14,19-20H,1-6,11-12,15-18H2,(H,29,33)(H,30,34);2*1H. The van der Waals surface area contributed by atoms with Gasteiger partial charge in [0.25, 0.3) is 11.8 Å². The van der Waals surface area contributed by atoms with Gasteiger partial charge in [0.15, 0.2) is 0 Å². The Morgan fingerprint density at radius 1 is 0.632 bits per heavy atom. The molecule has 0 fully saturated rings. The number of pyridine rings is 2. The van der Waals surface area contributed by atoms with E-state index in [1.807, 2.05) is 0 Å². The van der Waals surface area contributed by atoms with Crippen molar-refractivity contribution in [3.63, 3.8) is 0 Å². The van der Waals surface area contributed by atoms with E-state index in [4.69, 9.17) is 9.47 Å². The summed E-state index contributed by atoms with van der Waals surface area (Å²) >= 11 is 0. The van der Waals surface area contributed by atoms with Gasteiger partial charge in [-0.05, 0) is 37.1 Å². The van der Waals surface area contributed by atoms with Gasteiger partial charge < -0.3 is 20.1 Å². The number of hydrogen-bond donors (Lipinski definition) is 2. The van der Waals surface area contributed by atoms with E-state index in [0.29, 0.717) is 24.0 Å². The van der Waals surface area contributed by atoms with Gasteiger partial charge in [0.2, 0.25) is 0 Å². The van der Waals surface area contributed by atoms with Crippen molar-refractivity contribution < 1.29 is 28.7 Å². The number of carbonyl (C=O) groups is 4. The minimum absolute atomic E-state index is 0. The van der Waals surface area contributed by atoms with Crippen LogP contribution in [0.2, 0.25) is 0 Å². The zero-order valence-corrected chi connectivity index (χ0v) is 22.9. The van der Waals surface area contributed by atoms with E-state index in [0.717, 1.165) is 38.5 Å². The molecule has 0 aliphatic rings. The van der Waals surface area contributed by atoms with E-state index < -0.39 is 0 Å². The van der Waals surface area contributed by atoms with Gasteiger partial charge in [-0.1, -0.05) is 25.7 Å². The number of rotatable bonds is 17. The number of aromatic nitrogens is 2. The predicted octanol–water partition coefficient (Wildman–Crippen LogP) is 3.69. The number of esters is 2. The first kappa shape index (κ1) is 34.8. The summed E-state index contributed by atoms with van der Waals surface area (Å²) in [5.74, 6) is -1.05. The van der Waals surface area contributed by atoms with Crippen molar-refractivity contribution >= 4 is 48.6 Å². The third kappa shape index (κ3) is 15.8. The Balaban J connectivity index is 0.00000684. The predicted molar refractivity (Wildman–Crippen MR) is 146 cm³/mol. The first-order chi connectivity index (χ1) is 17.6. The summed E-state index contributed by atoms with van der Waals surface area (Å²) in [6.45, 7) is 0.777. The minimum Gasteiger partial charge on any atom is -0.464 e. The monoisotopic (exact) mass is 570 g/mol. The molecule has 0 spiro atoms. The van der Waals surface area contributed by atoms with Gasteiger partial charge in [0, 0.05) is 37.6 Å². The lowest BCUT2D eigenvalue weighted by atomic mass is 10.1. The highest BCUT2D eigenvalue weighted by atomic mass is 35.5. The van der Waals surface area contributed by atoms with Crippen LogP contribution in [-0.4, -0.2) is 60.0 Å². The second-order valence-corrected chi connectivity index (χ2v) is 8.06. The second-order valence-electron chi connectivity index (χ2n) is 8.06. The van der Waals surface area contributed by atoms with Crippen molar-refractivity contribution in [1.29, 1.82) is 0 Å². The molecule has 210 valence electrons. The van der Waals surface area contributed by atoms with E-state index in [1.54, 1.807) is 36.7 Å². The van der Waals surface area contributed by atoms with Crippen LogP contribution >= 0.6 is 24.8 Å². The van der Waals surface area contributed by atoms with Crippen molar-refractivity contribution in [2.75, 3.05) is 26.3 Å². The third-order valence-corrected chi connectivity index (χ3v) is 5.16. The highest BCUT2D eigenvalue weighted by Gasteiger charge is 2.07. The number of halogens is 2. The Kier molecular flexibility index (Phi) is 19.9. The number of carbonyl (C=O) groups excluding carboxylic acids is 4. The fourth-order valence-electron chi connectivity index (χ4n) is 3.25. The topological polar surface area (TPSA) is 137 Å². The fourth-order valence-corrected chi connectivity index (χ4v) is 3.25. The highest BCUT2D eigenvalue weighted by molar-refractivity contribution is 5.94. The molecular formula is C26H36Cl2N4O6. The summed E-state index contributed by atoms with van der Waals surface area (Å²) in [5, 5.41) is 5.35. The van der Waals surface area contributed by atoms with Crippen LogP contribution in [0.1, 0.15) is 72.1 Å². The number of nitrogens with one attached hydrogen (secondary N) is 2. The van der Waals surface area contributed by atoms with E-state index in [1.165, 1.54) is 12.4 Å². The van der Waals surface area contributed by atoms with Gasteiger partial charge in [-0.15, -0.1) is 24.8 Å². The first-order valence-corrected chi connectivity index (χ1v) is 12.2. The molecule has 12 heteroatoms. The molecule has 0 aliphatic heterocycles. The molecule has 0 atom stereocenters. The van der Waals surface area contributed by atoms with Gasteiger partial charge in [-0.2, -0.15) is 0 Å². The lowest BCUT2D eigenvalue weighted by molar-refractivity contribution is -0.144. The zero-order valence-electron chi connectivity index (χ0n) is 21.3. The molecule has 2 rings (SSSR count). The van der Waals surface area contributed by atoms with E-state index in [-0.39, 0.29) is 74.9 Å². The van der Waals surface area contributed by atoms with Crippen LogP contribution in [0.4, 0.5) is 0 Å². The normalized spacial score (nSPS) is 9.79. The molecule has 0 bridgehead atoms. The van der Waals surface area contributed by atoms with Crippen molar-refractivity contribution in [3.8, 4) is 0 Å².